The van der Waals surface area contributed by atoms with E-state index in [1.807, 2.05) is 18.2 Å². The molecule has 0 saturated heterocycles. The van der Waals surface area contributed by atoms with Crippen LogP contribution < -0.4 is 0 Å². The summed E-state index contributed by atoms with van der Waals surface area (Å²) in [6.45, 7) is 2.14. The number of benzene rings is 1. The normalized spacial score (nSPS) is 12.9. The van der Waals surface area contributed by atoms with Gasteiger partial charge in [-0.25, -0.2) is 0 Å². The van der Waals surface area contributed by atoms with E-state index in [2.05, 4.69) is 24.7 Å². The average molecular weight is 237 g/mol. The Labute approximate surface area is 90.7 Å². The summed E-state index contributed by atoms with van der Waals surface area (Å²) in [5, 5.41) is 1.23. The fourth-order valence-corrected chi connectivity index (χ4v) is 3.35. The smallest absolute Gasteiger partial charge is 0.0409 e. The van der Waals surface area contributed by atoms with Crippen molar-refractivity contribution in [2.75, 3.05) is 0 Å². The molecule has 4 heteroatoms. The van der Waals surface area contributed by atoms with Gasteiger partial charge in [-0.15, -0.1) is 0 Å². The Morgan fingerprint density at radius 2 is 2.25 bits per heavy atom. The molecule has 1 rings (SSSR count). The molecule has 0 fully saturated rings. The van der Waals surface area contributed by atoms with Crippen LogP contribution in [0.2, 0.25) is 5.02 Å². The number of rotatable bonds is 3. The van der Waals surface area contributed by atoms with Crippen LogP contribution in [0.15, 0.2) is 24.3 Å². The Bertz CT molecular complexity index is 252. The monoisotopic (exact) mass is 236 g/mol. The van der Waals surface area contributed by atoms with Crippen molar-refractivity contribution in [3.05, 3.63) is 34.9 Å². The van der Waals surface area contributed by atoms with Gasteiger partial charge in [-0.3, -0.25) is 0 Å². The van der Waals surface area contributed by atoms with Crippen molar-refractivity contribution in [2.45, 2.75) is 12.2 Å². The maximum atomic E-state index is 5.85. The molecule has 0 aliphatic heterocycles. The third-order valence-corrected chi connectivity index (χ3v) is 4.29. The molecule has 0 bridgehead atoms. The Morgan fingerprint density at radius 3 is 2.83 bits per heavy atom. The van der Waals surface area contributed by atoms with Gasteiger partial charge in [0.2, 0.25) is 0 Å². The van der Waals surface area contributed by atoms with E-state index in [1.165, 1.54) is 15.4 Å². The molecule has 0 radical (unpaired) electrons. The first-order chi connectivity index (χ1) is 5.74. The molecule has 0 amide bonds. The molecular formula is C8H9ClS3. The lowest BCUT2D eigenvalue weighted by Crippen LogP contribution is -1.84. The highest BCUT2D eigenvalue weighted by atomic mass is 35.5. The predicted octanol–water partition coefficient (Wildman–Crippen LogP) is 4.63. The standard InChI is InChI=1S/C8H9ClS3/c1-6(11-12-10)7-3-2-4-8(9)5-7/h2-6,10H,1H3. The Hall–Kier alpha value is 0.560. The van der Waals surface area contributed by atoms with Gasteiger partial charge in [-0.2, -0.15) is 0 Å². The molecular weight excluding hydrogens is 228 g/mol. The van der Waals surface area contributed by atoms with Gasteiger partial charge in [0.05, 0.1) is 0 Å². The minimum absolute atomic E-state index is 0.436. The summed E-state index contributed by atoms with van der Waals surface area (Å²) in [7, 11) is 3.19. The maximum absolute atomic E-state index is 5.85. The molecule has 0 spiro atoms. The topological polar surface area (TPSA) is 0 Å². The van der Waals surface area contributed by atoms with Crippen molar-refractivity contribution in [1.29, 1.82) is 0 Å². The van der Waals surface area contributed by atoms with Crippen LogP contribution in [0.25, 0.3) is 0 Å². The number of halogens is 1. The lowest BCUT2D eigenvalue weighted by molar-refractivity contribution is 1.11. The van der Waals surface area contributed by atoms with Crippen molar-refractivity contribution < 1.29 is 0 Å². The zero-order valence-electron chi connectivity index (χ0n) is 6.53. The van der Waals surface area contributed by atoms with Crippen LogP contribution in [-0.2, 0) is 0 Å². The zero-order valence-corrected chi connectivity index (χ0v) is 9.81. The van der Waals surface area contributed by atoms with Crippen LogP contribution in [0, 0.1) is 0 Å². The van der Waals surface area contributed by atoms with Crippen LogP contribution in [0.5, 0.6) is 0 Å². The van der Waals surface area contributed by atoms with E-state index < -0.39 is 0 Å². The van der Waals surface area contributed by atoms with Crippen LogP contribution in [0.1, 0.15) is 17.7 Å². The summed E-state index contributed by atoms with van der Waals surface area (Å²) in [6, 6.07) is 7.92. The van der Waals surface area contributed by atoms with Crippen LogP contribution >= 0.6 is 43.9 Å². The van der Waals surface area contributed by atoms with E-state index in [-0.39, 0.29) is 0 Å². The number of thiol groups is 1. The second-order valence-electron chi connectivity index (χ2n) is 2.37. The number of hydrogen-bond donors (Lipinski definition) is 1. The molecule has 0 nitrogen and oxygen atoms in total. The molecule has 0 aliphatic carbocycles. The molecule has 0 N–H and O–H groups in total. The molecule has 0 heterocycles. The van der Waals surface area contributed by atoms with Gasteiger partial charge in [-0.1, -0.05) is 46.2 Å². The van der Waals surface area contributed by atoms with E-state index in [1.54, 1.807) is 10.8 Å². The Morgan fingerprint density at radius 1 is 1.50 bits per heavy atom. The van der Waals surface area contributed by atoms with Crippen molar-refractivity contribution in [1.82, 2.24) is 0 Å². The van der Waals surface area contributed by atoms with E-state index in [0.29, 0.717) is 5.25 Å². The van der Waals surface area contributed by atoms with E-state index >= 15 is 0 Å². The van der Waals surface area contributed by atoms with Crippen molar-refractivity contribution in [3.63, 3.8) is 0 Å². The van der Waals surface area contributed by atoms with Crippen molar-refractivity contribution in [2.24, 2.45) is 0 Å². The van der Waals surface area contributed by atoms with Gasteiger partial charge in [0.25, 0.3) is 0 Å². The van der Waals surface area contributed by atoms with Gasteiger partial charge in [0.1, 0.15) is 0 Å². The van der Waals surface area contributed by atoms with Gasteiger partial charge < -0.3 is 0 Å². The minimum Gasteiger partial charge on any atom is -0.0997 e. The quantitative estimate of drug-likeness (QED) is 0.601. The van der Waals surface area contributed by atoms with E-state index in [4.69, 9.17) is 11.6 Å². The molecule has 1 atom stereocenters. The summed E-state index contributed by atoms with van der Waals surface area (Å²) < 4.78 is 0. The molecule has 66 valence electrons. The highest BCUT2D eigenvalue weighted by Gasteiger charge is 2.05. The first kappa shape index (κ1) is 10.6. The van der Waals surface area contributed by atoms with Crippen molar-refractivity contribution in [3.8, 4) is 0 Å². The number of hydrogen-bond acceptors (Lipinski definition) is 3. The first-order valence-corrected chi connectivity index (χ1v) is 7.10. The second kappa shape index (κ2) is 5.32. The molecule has 0 aliphatic rings. The van der Waals surface area contributed by atoms with Gasteiger partial charge in [0.15, 0.2) is 0 Å². The average Bonchev–Trinajstić information content (AvgIpc) is 2.05. The summed E-state index contributed by atoms with van der Waals surface area (Å²) in [4.78, 5) is 0. The van der Waals surface area contributed by atoms with Gasteiger partial charge in [-0.05, 0) is 34.4 Å². The zero-order chi connectivity index (χ0) is 8.97. The Balaban J connectivity index is 2.73. The molecule has 0 aromatic heterocycles. The third-order valence-electron chi connectivity index (χ3n) is 1.51. The first-order valence-electron chi connectivity index (χ1n) is 3.46. The highest BCUT2D eigenvalue weighted by Crippen LogP contribution is 2.39. The fraction of sp³-hybridized carbons (Fsp3) is 0.250. The van der Waals surface area contributed by atoms with Crippen molar-refractivity contribution >= 4 is 43.9 Å². The summed E-state index contributed by atoms with van der Waals surface area (Å²) in [6.07, 6.45) is 0. The molecule has 1 aromatic rings. The minimum atomic E-state index is 0.436. The van der Waals surface area contributed by atoms with E-state index in [9.17, 15) is 0 Å². The second-order valence-corrected chi connectivity index (χ2v) is 6.22. The van der Waals surface area contributed by atoms with Crippen LogP contribution in [0.3, 0.4) is 0 Å². The summed E-state index contributed by atoms with van der Waals surface area (Å²) >= 11 is 9.94. The van der Waals surface area contributed by atoms with Crippen LogP contribution in [-0.4, -0.2) is 0 Å². The molecule has 12 heavy (non-hydrogen) atoms. The van der Waals surface area contributed by atoms with Gasteiger partial charge in [0, 0.05) is 10.3 Å². The third kappa shape index (κ3) is 3.13. The largest absolute Gasteiger partial charge is 0.0997 e. The molecule has 1 aromatic carbocycles. The summed E-state index contributed by atoms with van der Waals surface area (Å²) in [5.74, 6) is 0. The summed E-state index contributed by atoms with van der Waals surface area (Å²) in [5.41, 5.74) is 1.24. The SMILES string of the molecule is CC(SSS)c1cccc(Cl)c1. The predicted molar refractivity (Wildman–Crippen MR) is 64.0 cm³/mol. The Kier molecular flexibility index (Phi) is 4.72. The lowest BCUT2D eigenvalue weighted by Gasteiger charge is -2.08. The van der Waals surface area contributed by atoms with Crippen LogP contribution in [0.4, 0.5) is 0 Å². The highest BCUT2D eigenvalue weighted by molar-refractivity contribution is 9.05. The fourth-order valence-electron chi connectivity index (χ4n) is 0.880. The van der Waals surface area contributed by atoms with Gasteiger partial charge >= 0.3 is 0 Å². The maximum Gasteiger partial charge on any atom is 0.0409 e. The molecule has 0 saturated carbocycles. The lowest BCUT2D eigenvalue weighted by atomic mass is 10.2. The molecule has 1 unspecified atom stereocenters. The van der Waals surface area contributed by atoms with E-state index in [0.717, 1.165) is 5.02 Å².